The Kier molecular flexibility index (Phi) is 50.1. The Balaban J connectivity index is 5.32. The quantitative estimate of drug-likeness (QED) is 0.0212. The topological polar surface area (TPSA) is 114 Å². The number of phosphoric acid groups is 1. The van der Waals surface area contributed by atoms with Crippen molar-refractivity contribution in [1.82, 2.24) is 5.32 Å². The molecular weight excluding hydrogens is 916 g/mol. The van der Waals surface area contributed by atoms with Gasteiger partial charge in [0.2, 0.25) is 5.91 Å². The molecule has 0 saturated carbocycles. The largest absolute Gasteiger partial charge is 0.756 e. The van der Waals surface area contributed by atoms with Crippen molar-refractivity contribution in [2.24, 2.45) is 0 Å². The molecule has 0 aliphatic carbocycles. The highest BCUT2D eigenvalue weighted by Gasteiger charge is 2.27. The number of quaternary nitrogens is 1. The second kappa shape index (κ2) is 51.9. The zero-order chi connectivity index (χ0) is 52.9. The number of hydrogen-bond acceptors (Lipinski definition) is 7. The lowest BCUT2D eigenvalue weighted by molar-refractivity contribution is -0.870. The van der Waals surface area contributed by atoms with Crippen molar-refractivity contribution in [3.8, 4) is 0 Å². The summed E-state index contributed by atoms with van der Waals surface area (Å²) < 4.78 is 30.2. The first-order valence-corrected chi connectivity index (χ1v) is 31.2. The molecule has 1 amide bonds. The Morgan fingerprint density at radius 1 is 0.486 bits per heavy atom. The number of nitrogens with one attached hydrogen (secondary N) is 1. The van der Waals surface area contributed by atoms with Gasteiger partial charge in [0.15, 0.2) is 0 Å². The molecule has 9 nitrogen and oxygen atoms in total. The van der Waals surface area contributed by atoms with Crippen LogP contribution in [0.4, 0.5) is 0 Å². The van der Waals surface area contributed by atoms with Gasteiger partial charge >= 0.3 is 5.97 Å². The van der Waals surface area contributed by atoms with Crippen LogP contribution in [-0.2, 0) is 27.9 Å². The third-order valence-corrected chi connectivity index (χ3v) is 13.8. The van der Waals surface area contributed by atoms with Crippen LogP contribution in [0.25, 0.3) is 0 Å². The highest BCUT2D eigenvalue weighted by atomic mass is 31.2. The normalized spacial score (nSPS) is 14.3. The van der Waals surface area contributed by atoms with Gasteiger partial charge in [0.1, 0.15) is 19.3 Å². The highest BCUT2D eigenvalue weighted by Crippen LogP contribution is 2.38. The fourth-order valence-corrected chi connectivity index (χ4v) is 8.95. The molecule has 0 heterocycles. The van der Waals surface area contributed by atoms with Crippen molar-refractivity contribution >= 4 is 19.7 Å². The smallest absolute Gasteiger partial charge is 0.306 e. The number of carbonyl (C=O) groups excluding carboxylic acids is 2. The average Bonchev–Trinajstić information content (AvgIpc) is 3.34. The van der Waals surface area contributed by atoms with E-state index in [1.807, 2.05) is 39.4 Å². The Bertz CT molecular complexity index is 1460. The number of allylic oxidation sites excluding steroid dienone is 11. The number of esters is 1. The number of nitrogens with zero attached hydrogens (tertiary/aromatic N) is 1. The summed E-state index contributed by atoms with van der Waals surface area (Å²) in [5.74, 6) is -0.628. The lowest BCUT2D eigenvalue weighted by Gasteiger charge is -2.30. The Labute approximate surface area is 444 Å². The summed E-state index contributed by atoms with van der Waals surface area (Å²) in [5, 5.41) is 2.98. The fourth-order valence-electron chi connectivity index (χ4n) is 8.22. The van der Waals surface area contributed by atoms with Gasteiger partial charge in [-0.05, 0) is 89.5 Å². The summed E-state index contributed by atoms with van der Waals surface area (Å²) in [6, 6.07) is -0.923. The second-order valence-electron chi connectivity index (χ2n) is 21.1. The van der Waals surface area contributed by atoms with Crippen LogP contribution in [0.5, 0.6) is 0 Å². The molecule has 72 heavy (non-hydrogen) atoms. The maximum absolute atomic E-state index is 13.4. The van der Waals surface area contributed by atoms with Crippen molar-refractivity contribution in [2.75, 3.05) is 40.9 Å². The van der Waals surface area contributed by atoms with Crippen LogP contribution in [-0.4, -0.2) is 69.4 Å². The lowest BCUT2D eigenvalue weighted by atomic mass is 10.0. The predicted molar refractivity (Wildman–Crippen MR) is 307 cm³/mol. The van der Waals surface area contributed by atoms with Gasteiger partial charge in [-0.3, -0.25) is 14.2 Å². The zero-order valence-corrected chi connectivity index (χ0v) is 48.5. The molecular formula is C62H113N2O7P. The molecule has 0 fully saturated rings. The maximum atomic E-state index is 13.4. The Hall–Kier alpha value is -2.55. The number of ether oxygens (including phenoxy) is 1. The highest BCUT2D eigenvalue weighted by molar-refractivity contribution is 7.45. The van der Waals surface area contributed by atoms with E-state index in [-0.39, 0.29) is 31.3 Å². The molecule has 0 bridgehead atoms. The molecule has 0 aliphatic heterocycles. The fraction of sp³-hybridized carbons (Fsp3) is 0.774. The summed E-state index contributed by atoms with van der Waals surface area (Å²) in [7, 11) is 1.14. The van der Waals surface area contributed by atoms with E-state index in [1.54, 1.807) is 0 Å². The molecule has 0 radical (unpaired) electrons. The van der Waals surface area contributed by atoms with Gasteiger partial charge in [0.05, 0.1) is 33.8 Å². The second-order valence-corrected chi connectivity index (χ2v) is 22.6. The number of likely N-dealkylation sites (N-methyl/N-ethyl adjacent to an activating group) is 1. The monoisotopic (exact) mass is 1030 g/mol. The van der Waals surface area contributed by atoms with E-state index < -0.39 is 26.6 Å². The summed E-state index contributed by atoms with van der Waals surface area (Å²) in [6.07, 6.45) is 66.0. The van der Waals surface area contributed by atoms with E-state index in [0.29, 0.717) is 23.9 Å². The molecule has 10 heteroatoms. The maximum Gasteiger partial charge on any atom is 0.306 e. The van der Waals surface area contributed by atoms with Gasteiger partial charge in [-0.1, -0.05) is 229 Å². The number of amides is 1. The van der Waals surface area contributed by atoms with Gasteiger partial charge in [-0.15, -0.1) is 0 Å². The van der Waals surface area contributed by atoms with Crippen LogP contribution in [0, 0.1) is 0 Å². The lowest BCUT2D eigenvalue weighted by Crippen LogP contribution is -2.47. The minimum Gasteiger partial charge on any atom is -0.756 e. The van der Waals surface area contributed by atoms with Crippen molar-refractivity contribution in [1.29, 1.82) is 0 Å². The average molecular weight is 1030 g/mol. The van der Waals surface area contributed by atoms with Crippen molar-refractivity contribution in [3.05, 3.63) is 72.9 Å². The summed E-state index contributed by atoms with van der Waals surface area (Å²) in [5.41, 5.74) is 0. The molecule has 0 aromatic rings. The number of phosphoric ester groups is 1. The minimum absolute atomic E-state index is 0.0348. The summed E-state index contributed by atoms with van der Waals surface area (Å²) in [4.78, 5) is 39.8. The number of carbonyl (C=O) groups is 2. The van der Waals surface area contributed by atoms with Gasteiger partial charge in [-0.25, -0.2) is 0 Å². The number of rotatable bonds is 53. The molecule has 0 aromatic heterocycles. The van der Waals surface area contributed by atoms with E-state index in [0.717, 1.165) is 70.6 Å². The van der Waals surface area contributed by atoms with Gasteiger partial charge in [-0.2, -0.15) is 0 Å². The zero-order valence-electron chi connectivity index (χ0n) is 47.6. The number of hydrogen-bond donors (Lipinski definition) is 1. The minimum atomic E-state index is -4.71. The first kappa shape index (κ1) is 69.5. The molecule has 1 N–H and O–H groups in total. The van der Waals surface area contributed by atoms with E-state index in [1.165, 1.54) is 141 Å². The number of unbranched alkanes of at least 4 members (excludes halogenated alkanes) is 27. The van der Waals surface area contributed by atoms with Crippen LogP contribution in [0.2, 0.25) is 0 Å². The van der Waals surface area contributed by atoms with E-state index in [4.69, 9.17) is 13.8 Å². The van der Waals surface area contributed by atoms with Crippen LogP contribution in [0.15, 0.2) is 72.9 Å². The predicted octanol–water partition coefficient (Wildman–Crippen LogP) is 17.4. The van der Waals surface area contributed by atoms with Gasteiger partial charge in [0, 0.05) is 12.8 Å². The van der Waals surface area contributed by atoms with Crippen molar-refractivity contribution < 1.29 is 37.3 Å². The summed E-state index contributed by atoms with van der Waals surface area (Å²) >= 11 is 0. The first-order valence-electron chi connectivity index (χ1n) is 29.7. The Morgan fingerprint density at radius 2 is 0.861 bits per heavy atom. The van der Waals surface area contributed by atoms with Gasteiger partial charge in [0.25, 0.3) is 7.82 Å². The van der Waals surface area contributed by atoms with Gasteiger partial charge < -0.3 is 28.5 Å². The van der Waals surface area contributed by atoms with Crippen LogP contribution in [0.3, 0.4) is 0 Å². The third-order valence-electron chi connectivity index (χ3n) is 12.9. The van der Waals surface area contributed by atoms with Crippen LogP contribution in [0.1, 0.15) is 258 Å². The molecule has 0 aromatic carbocycles. The molecule has 3 unspecified atom stereocenters. The SMILES string of the molecule is CCCCC/C=C\C/C=C\C/C=C\CCCCCCCCCCC(=O)OC(/C=C\CCCCCCCCCCCC)C(COP(=O)([O-])OCC[N+](C)(C)C)NC(=O)CC/C=C/C/C=C\CCCCCCCC. The molecule has 3 atom stereocenters. The summed E-state index contributed by atoms with van der Waals surface area (Å²) in [6.45, 7) is 6.75. The van der Waals surface area contributed by atoms with E-state index in [9.17, 15) is 19.0 Å². The van der Waals surface area contributed by atoms with E-state index >= 15 is 0 Å². The van der Waals surface area contributed by atoms with Crippen molar-refractivity contribution in [2.45, 2.75) is 270 Å². The van der Waals surface area contributed by atoms with E-state index in [2.05, 4.69) is 80.8 Å². The molecule has 0 rings (SSSR count). The molecule has 0 spiro atoms. The first-order chi connectivity index (χ1) is 34.9. The van der Waals surface area contributed by atoms with Crippen molar-refractivity contribution in [3.63, 3.8) is 0 Å². The standard InChI is InChI=1S/C62H113N2O7P/c1-7-10-13-16-19-22-25-28-29-30-31-32-33-34-35-37-40-43-46-49-52-55-62(66)71-60(53-50-47-44-41-38-27-24-21-18-15-12-9-3)59(58-70-72(67,68)69-57-56-64(4,5)6)63-61(65)54-51-48-45-42-39-36-26-23-20-17-14-11-8-2/h19,22,28-29,31-32,36,39,45,48,50,53,59-60H,7-18,20-21,23-27,30,33-35,37-38,40-44,46-47,49,51-52,54-58H2,1-6H3,(H-,63,65,67,68)/b22-19-,29-28-,32-31-,39-36-,48-45+,53-50-. The third kappa shape index (κ3) is 52.3. The molecule has 0 aliphatic rings. The Morgan fingerprint density at radius 3 is 1.32 bits per heavy atom. The molecule has 0 saturated heterocycles. The van der Waals surface area contributed by atoms with Crippen LogP contribution < -0.4 is 10.2 Å². The molecule has 418 valence electrons. The van der Waals surface area contributed by atoms with Crippen LogP contribution >= 0.6 is 7.82 Å².